The minimum atomic E-state index is -0.170. The Labute approximate surface area is 161 Å². The van der Waals surface area contributed by atoms with Crippen LogP contribution in [0.5, 0.6) is 5.75 Å². The van der Waals surface area contributed by atoms with Gasteiger partial charge in [-0.2, -0.15) is 0 Å². The molecule has 0 saturated carbocycles. The third kappa shape index (κ3) is 5.25. The van der Waals surface area contributed by atoms with Crippen molar-refractivity contribution in [2.45, 2.75) is 9.92 Å². The lowest BCUT2D eigenvalue weighted by molar-refractivity contribution is 0.0943. The minimum absolute atomic E-state index is 0.170. The Hall–Kier alpha value is -2.50. The Kier molecular flexibility index (Phi) is 6.52. The standard InChI is InChI=1S/C20H17ClN2O2S/c21-15-8-10-16(11-9-15)25-14-13-22-19(24)18-7-4-12-23-20(18)26-17-5-2-1-3-6-17/h1-12H,13-14H2,(H,22,24). The molecule has 3 aromatic rings. The number of amides is 1. The van der Waals surface area contributed by atoms with Gasteiger partial charge in [-0.15, -0.1) is 0 Å². The van der Waals surface area contributed by atoms with Crippen LogP contribution in [0.4, 0.5) is 0 Å². The zero-order valence-corrected chi connectivity index (χ0v) is 15.5. The zero-order chi connectivity index (χ0) is 18.2. The average Bonchev–Trinajstić information content (AvgIpc) is 2.68. The second-order valence-corrected chi connectivity index (χ2v) is 6.83. The van der Waals surface area contributed by atoms with Crippen LogP contribution in [0.2, 0.25) is 5.02 Å². The zero-order valence-electron chi connectivity index (χ0n) is 13.9. The molecule has 0 spiro atoms. The number of halogens is 1. The second kappa shape index (κ2) is 9.27. The van der Waals surface area contributed by atoms with Crippen LogP contribution in [0.3, 0.4) is 0 Å². The molecule has 1 N–H and O–H groups in total. The highest BCUT2D eigenvalue weighted by molar-refractivity contribution is 7.99. The maximum absolute atomic E-state index is 12.5. The van der Waals surface area contributed by atoms with Gasteiger partial charge in [-0.3, -0.25) is 4.79 Å². The van der Waals surface area contributed by atoms with Crippen molar-refractivity contribution < 1.29 is 9.53 Å². The largest absolute Gasteiger partial charge is 0.492 e. The number of carbonyl (C=O) groups is 1. The average molecular weight is 385 g/mol. The summed E-state index contributed by atoms with van der Waals surface area (Å²) >= 11 is 7.30. The van der Waals surface area contributed by atoms with Gasteiger partial charge in [0.2, 0.25) is 0 Å². The Morgan fingerprint density at radius 3 is 2.58 bits per heavy atom. The number of nitrogens with zero attached hydrogens (tertiary/aromatic N) is 1. The monoisotopic (exact) mass is 384 g/mol. The number of hydrogen-bond donors (Lipinski definition) is 1. The van der Waals surface area contributed by atoms with Gasteiger partial charge in [0.05, 0.1) is 12.1 Å². The van der Waals surface area contributed by atoms with Gasteiger partial charge in [-0.25, -0.2) is 4.98 Å². The van der Waals surface area contributed by atoms with E-state index in [0.717, 1.165) is 4.90 Å². The summed E-state index contributed by atoms with van der Waals surface area (Å²) in [6, 6.07) is 20.5. The molecule has 132 valence electrons. The molecule has 6 heteroatoms. The van der Waals surface area contributed by atoms with Crippen molar-refractivity contribution in [2.75, 3.05) is 13.2 Å². The van der Waals surface area contributed by atoms with E-state index in [1.165, 1.54) is 11.8 Å². The van der Waals surface area contributed by atoms with E-state index in [4.69, 9.17) is 16.3 Å². The lowest BCUT2D eigenvalue weighted by Crippen LogP contribution is -2.28. The summed E-state index contributed by atoms with van der Waals surface area (Å²) in [5, 5.41) is 4.20. The summed E-state index contributed by atoms with van der Waals surface area (Å²) in [6.07, 6.45) is 1.69. The fraction of sp³-hybridized carbons (Fsp3) is 0.100. The molecule has 4 nitrogen and oxygen atoms in total. The molecule has 0 atom stereocenters. The highest BCUT2D eigenvalue weighted by Gasteiger charge is 2.13. The molecule has 0 bridgehead atoms. The Balaban J connectivity index is 1.55. The summed E-state index contributed by atoms with van der Waals surface area (Å²) < 4.78 is 5.58. The van der Waals surface area contributed by atoms with E-state index in [0.29, 0.717) is 34.5 Å². The van der Waals surface area contributed by atoms with Gasteiger partial charge in [0.1, 0.15) is 17.4 Å². The number of aromatic nitrogens is 1. The van der Waals surface area contributed by atoms with Gasteiger partial charge < -0.3 is 10.1 Å². The van der Waals surface area contributed by atoms with Gasteiger partial charge in [0.15, 0.2) is 0 Å². The van der Waals surface area contributed by atoms with Gasteiger partial charge in [0, 0.05) is 16.1 Å². The van der Waals surface area contributed by atoms with Crippen molar-refractivity contribution in [3.63, 3.8) is 0 Å². The van der Waals surface area contributed by atoms with Gasteiger partial charge in [0.25, 0.3) is 5.91 Å². The number of carbonyl (C=O) groups excluding carboxylic acids is 1. The summed E-state index contributed by atoms with van der Waals surface area (Å²) in [4.78, 5) is 17.8. The van der Waals surface area contributed by atoms with Crippen LogP contribution in [0.15, 0.2) is 82.8 Å². The Bertz CT molecular complexity index is 857. The third-order valence-electron chi connectivity index (χ3n) is 3.44. The predicted molar refractivity (Wildman–Crippen MR) is 104 cm³/mol. The molecule has 0 aliphatic heterocycles. The van der Waals surface area contributed by atoms with Crippen LogP contribution in [0.1, 0.15) is 10.4 Å². The number of rotatable bonds is 7. The fourth-order valence-electron chi connectivity index (χ4n) is 2.20. The van der Waals surface area contributed by atoms with E-state index < -0.39 is 0 Å². The number of pyridine rings is 1. The first-order chi connectivity index (χ1) is 12.7. The minimum Gasteiger partial charge on any atom is -0.492 e. The molecule has 2 aromatic carbocycles. The Morgan fingerprint density at radius 1 is 1.04 bits per heavy atom. The summed E-state index contributed by atoms with van der Waals surface area (Å²) in [5.41, 5.74) is 0.549. The van der Waals surface area contributed by atoms with Crippen LogP contribution >= 0.6 is 23.4 Å². The van der Waals surface area contributed by atoms with Gasteiger partial charge >= 0.3 is 0 Å². The van der Waals surface area contributed by atoms with Crippen molar-refractivity contribution >= 4 is 29.3 Å². The van der Waals surface area contributed by atoms with Crippen LogP contribution < -0.4 is 10.1 Å². The number of benzene rings is 2. The molecule has 1 aromatic heterocycles. The molecule has 1 heterocycles. The summed E-state index contributed by atoms with van der Waals surface area (Å²) in [5.74, 6) is 0.543. The molecular formula is C20H17ClN2O2S. The van der Waals surface area contributed by atoms with E-state index in [1.807, 2.05) is 30.3 Å². The molecule has 26 heavy (non-hydrogen) atoms. The van der Waals surface area contributed by atoms with Crippen LogP contribution in [-0.2, 0) is 0 Å². The number of ether oxygens (including phenoxy) is 1. The smallest absolute Gasteiger partial charge is 0.254 e. The number of nitrogens with one attached hydrogen (secondary N) is 1. The quantitative estimate of drug-likeness (QED) is 0.600. The van der Waals surface area contributed by atoms with Crippen LogP contribution in [-0.4, -0.2) is 24.0 Å². The molecule has 0 saturated heterocycles. The van der Waals surface area contributed by atoms with Crippen molar-refractivity contribution in [3.8, 4) is 5.75 Å². The van der Waals surface area contributed by atoms with Crippen molar-refractivity contribution in [1.29, 1.82) is 0 Å². The van der Waals surface area contributed by atoms with Crippen LogP contribution in [0.25, 0.3) is 0 Å². The normalized spacial score (nSPS) is 10.3. The summed E-state index contributed by atoms with van der Waals surface area (Å²) in [6.45, 7) is 0.764. The predicted octanol–water partition coefficient (Wildman–Crippen LogP) is 4.70. The number of hydrogen-bond acceptors (Lipinski definition) is 4. The van der Waals surface area contributed by atoms with E-state index in [9.17, 15) is 4.79 Å². The SMILES string of the molecule is O=C(NCCOc1ccc(Cl)cc1)c1cccnc1Sc1ccccc1. The molecule has 3 rings (SSSR count). The van der Waals surface area contributed by atoms with Crippen molar-refractivity contribution in [3.05, 3.63) is 83.5 Å². The van der Waals surface area contributed by atoms with E-state index >= 15 is 0 Å². The summed E-state index contributed by atoms with van der Waals surface area (Å²) in [7, 11) is 0. The molecule has 0 unspecified atom stereocenters. The molecule has 0 radical (unpaired) electrons. The lowest BCUT2D eigenvalue weighted by atomic mass is 10.2. The Morgan fingerprint density at radius 2 is 1.81 bits per heavy atom. The first-order valence-electron chi connectivity index (χ1n) is 8.07. The highest BCUT2D eigenvalue weighted by Crippen LogP contribution is 2.28. The van der Waals surface area contributed by atoms with Crippen molar-refractivity contribution in [2.24, 2.45) is 0 Å². The third-order valence-corrected chi connectivity index (χ3v) is 4.72. The molecule has 0 aliphatic carbocycles. The maximum Gasteiger partial charge on any atom is 0.254 e. The lowest BCUT2D eigenvalue weighted by Gasteiger charge is -2.10. The topological polar surface area (TPSA) is 51.2 Å². The molecular weight excluding hydrogens is 368 g/mol. The maximum atomic E-state index is 12.5. The van der Waals surface area contributed by atoms with E-state index in [1.54, 1.807) is 42.6 Å². The van der Waals surface area contributed by atoms with E-state index in [2.05, 4.69) is 10.3 Å². The van der Waals surface area contributed by atoms with Crippen molar-refractivity contribution in [1.82, 2.24) is 10.3 Å². The van der Waals surface area contributed by atoms with E-state index in [-0.39, 0.29) is 5.91 Å². The second-order valence-electron chi connectivity index (χ2n) is 5.33. The first kappa shape index (κ1) is 18.3. The van der Waals surface area contributed by atoms with Gasteiger partial charge in [-0.05, 0) is 48.5 Å². The highest BCUT2D eigenvalue weighted by atomic mass is 35.5. The first-order valence-corrected chi connectivity index (χ1v) is 9.26. The molecule has 0 fully saturated rings. The molecule has 1 amide bonds. The van der Waals surface area contributed by atoms with Crippen LogP contribution in [0, 0.1) is 0 Å². The van der Waals surface area contributed by atoms with Gasteiger partial charge in [-0.1, -0.05) is 41.6 Å². The molecule has 0 aliphatic rings. The fourth-order valence-corrected chi connectivity index (χ4v) is 3.23.